The Hall–Kier alpha value is -2.12. The molecule has 1 aromatic rings. The number of carbonyl (C=O) groups excluding carboxylic acids is 1. The summed E-state index contributed by atoms with van der Waals surface area (Å²) >= 11 is 0. The van der Waals surface area contributed by atoms with Gasteiger partial charge in [0.1, 0.15) is 6.10 Å². The van der Waals surface area contributed by atoms with Crippen molar-refractivity contribution in [1.29, 1.82) is 0 Å². The van der Waals surface area contributed by atoms with Crippen molar-refractivity contribution in [3.8, 4) is 0 Å². The summed E-state index contributed by atoms with van der Waals surface area (Å²) in [7, 11) is 0. The van der Waals surface area contributed by atoms with Gasteiger partial charge in [-0.2, -0.15) is 0 Å². The van der Waals surface area contributed by atoms with Gasteiger partial charge in [0.25, 0.3) is 0 Å². The van der Waals surface area contributed by atoms with Crippen LogP contribution in [0.4, 0.5) is 0 Å². The second-order valence-electron chi connectivity index (χ2n) is 4.59. The van der Waals surface area contributed by atoms with Gasteiger partial charge in [0, 0.05) is 20.0 Å². The highest BCUT2D eigenvalue weighted by Crippen LogP contribution is 2.00. The third-order valence-electron chi connectivity index (χ3n) is 3.19. The number of hydrogen-bond acceptors (Lipinski definition) is 5. The van der Waals surface area contributed by atoms with E-state index in [9.17, 15) is 19.2 Å². The molecule has 0 amide bonds. The largest absolute Gasteiger partial charge is 0.461 e. The van der Waals surface area contributed by atoms with Gasteiger partial charge in [-0.25, -0.2) is 28.1 Å². The number of rotatable bonds is 6. The van der Waals surface area contributed by atoms with Crippen LogP contribution in [0.3, 0.4) is 0 Å². The summed E-state index contributed by atoms with van der Waals surface area (Å²) in [6, 6.07) is 0. The monoisotopic (exact) mass is 299 g/mol. The summed E-state index contributed by atoms with van der Waals surface area (Å²) in [5.41, 5.74) is -1.97. The molecule has 1 rings (SSSR count). The molecule has 0 bridgehead atoms. The van der Waals surface area contributed by atoms with Crippen molar-refractivity contribution in [3.63, 3.8) is 0 Å². The summed E-state index contributed by atoms with van der Waals surface area (Å²) in [5, 5.41) is 0. The van der Waals surface area contributed by atoms with Crippen LogP contribution < -0.4 is 17.1 Å². The average molecular weight is 299 g/mol. The van der Waals surface area contributed by atoms with E-state index < -0.39 is 29.1 Å². The Kier molecular flexibility index (Phi) is 5.69. The topological polar surface area (TPSA) is 92.3 Å². The van der Waals surface area contributed by atoms with E-state index in [2.05, 4.69) is 0 Å². The lowest BCUT2D eigenvalue weighted by atomic mass is 10.3. The summed E-state index contributed by atoms with van der Waals surface area (Å²) in [6.07, 6.45) is -0.121. The molecular weight excluding hydrogens is 278 g/mol. The molecular formula is C13H21N3O5. The second kappa shape index (κ2) is 7.05. The third kappa shape index (κ3) is 3.50. The lowest BCUT2D eigenvalue weighted by Gasteiger charge is -2.17. The van der Waals surface area contributed by atoms with Gasteiger partial charge in [-0.1, -0.05) is 6.92 Å². The van der Waals surface area contributed by atoms with Gasteiger partial charge in [0.15, 0.2) is 0 Å². The molecule has 0 aliphatic heterocycles. The molecule has 0 aromatic carbocycles. The Bertz CT molecular complexity index is 640. The van der Waals surface area contributed by atoms with E-state index in [1.54, 1.807) is 20.8 Å². The molecule has 0 N–H and O–H groups in total. The fourth-order valence-corrected chi connectivity index (χ4v) is 2.07. The van der Waals surface area contributed by atoms with Crippen LogP contribution >= 0.6 is 0 Å². The fraction of sp³-hybridized carbons (Fsp3) is 0.692. The van der Waals surface area contributed by atoms with Crippen molar-refractivity contribution in [1.82, 2.24) is 13.7 Å². The van der Waals surface area contributed by atoms with Crippen molar-refractivity contribution in [3.05, 3.63) is 31.5 Å². The maximum absolute atomic E-state index is 12.2. The van der Waals surface area contributed by atoms with Crippen LogP contribution in [0.2, 0.25) is 0 Å². The number of aromatic nitrogens is 3. The van der Waals surface area contributed by atoms with Crippen LogP contribution in [0.15, 0.2) is 14.4 Å². The highest BCUT2D eigenvalue weighted by molar-refractivity contribution is 5.66. The highest BCUT2D eigenvalue weighted by Gasteiger charge is 2.18. The van der Waals surface area contributed by atoms with Crippen LogP contribution in [0.5, 0.6) is 0 Å². The summed E-state index contributed by atoms with van der Waals surface area (Å²) in [6.45, 7) is 6.64. The fourth-order valence-electron chi connectivity index (χ4n) is 2.07. The van der Waals surface area contributed by atoms with E-state index >= 15 is 0 Å². The molecule has 8 nitrogen and oxygen atoms in total. The van der Waals surface area contributed by atoms with Crippen LogP contribution in [0.25, 0.3) is 0 Å². The van der Waals surface area contributed by atoms with E-state index in [1.165, 1.54) is 6.92 Å². The lowest BCUT2D eigenvalue weighted by Crippen LogP contribution is -2.55. The molecule has 0 radical (unpaired) electrons. The minimum Gasteiger partial charge on any atom is -0.461 e. The molecule has 8 heteroatoms. The van der Waals surface area contributed by atoms with Gasteiger partial charge >= 0.3 is 23.0 Å². The first-order valence-corrected chi connectivity index (χ1v) is 6.98. The molecule has 0 aliphatic carbocycles. The molecule has 1 heterocycles. The lowest BCUT2D eigenvalue weighted by molar-refractivity contribution is -0.147. The molecule has 0 saturated heterocycles. The normalized spacial score (nSPS) is 12.2. The van der Waals surface area contributed by atoms with E-state index in [4.69, 9.17) is 4.74 Å². The predicted octanol–water partition coefficient (Wildman–Crippen LogP) is -0.447. The van der Waals surface area contributed by atoms with Crippen molar-refractivity contribution >= 4 is 5.97 Å². The molecule has 1 unspecified atom stereocenters. The Morgan fingerprint density at radius 2 is 1.38 bits per heavy atom. The molecule has 1 aromatic heterocycles. The molecule has 118 valence electrons. The summed E-state index contributed by atoms with van der Waals surface area (Å²) in [4.78, 5) is 47.4. The van der Waals surface area contributed by atoms with Gasteiger partial charge in [-0.3, -0.25) is 4.79 Å². The minimum atomic E-state index is -0.678. The van der Waals surface area contributed by atoms with Crippen LogP contribution in [0, 0.1) is 0 Å². The molecule has 21 heavy (non-hydrogen) atoms. The van der Waals surface area contributed by atoms with Crippen molar-refractivity contribution in [2.24, 2.45) is 0 Å². The Labute approximate surface area is 121 Å². The van der Waals surface area contributed by atoms with E-state index in [0.717, 1.165) is 13.7 Å². The first kappa shape index (κ1) is 16.9. The van der Waals surface area contributed by atoms with E-state index in [-0.39, 0.29) is 19.6 Å². The Balaban J connectivity index is 3.42. The van der Waals surface area contributed by atoms with Gasteiger partial charge < -0.3 is 4.74 Å². The molecule has 0 spiro atoms. The van der Waals surface area contributed by atoms with E-state index in [0.29, 0.717) is 6.42 Å². The number of hydrogen-bond donors (Lipinski definition) is 0. The number of ether oxygens (including phenoxy) is 1. The zero-order chi connectivity index (χ0) is 16.2. The standard InChI is InChI=1S/C13H21N3O5/c1-5-10(21-9(4)17)8-16-12(19)14(6-2)11(18)15(7-3)13(16)20/h10H,5-8H2,1-4H3. The number of nitrogens with zero attached hydrogens (tertiary/aromatic N) is 3. The zero-order valence-corrected chi connectivity index (χ0v) is 12.8. The SMILES string of the molecule is CCC(Cn1c(=O)n(CC)c(=O)n(CC)c1=O)OC(C)=O. The van der Waals surface area contributed by atoms with Gasteiger partial charge in [-0.15, -0.1) is 0 Å². The maximum Gasteiger partial charge on any atom is 0.336 e. The molecule has 0 saturated carbocycles. The summed E-state index contributed by atoms with van der Waals surface area (Å²) in [5.74, 6) is -0.477. The Morgan fingerprint density at radius 3 is 1.71 bits per heavy atom. The minimum absolute atomic E-state index is 0.0615. The van der Waals surface area contributed by atoms with Crippen LogP contribution in [-0.2, 0) is 29.2 Å². The average Bonchev–Trinajstić information content (AvgIpc) is 2.42. The van der Waals surface area contributed by atoms with Crippen LogP contribution in [-0.4, -0.2) is 25.8 Å². The maximum atomic E-state index is 12.2. The van der Waals surface area contributed by atoms with Gasteiger partial charge in [-0.05, 0) is 20.3 Å². The molecule has 1 atom stereocenters. The smallest absolute Gasteiger partial charge is 0.336 e. The third-order valence-corrected chi connectivity index (χ3v) is 3.19. The quantitative estimate of drug-likeness (QED) is 0.664. The number of carbonyl (C=O) groups is 1. The van der Waals surface area contributed by atoms with Crippen LogP contribution in [0.1, 0.15) is 34.1 Å². The van der Waals surface area contributed by atoms with Crippen molar-refractivity contribution in [2.75, 3.05) is 0 Å². The zero-order valence-electron chi connectivity index (χ0n) is 12.8. The van der Waals surface area contributed by atoms with Crippen molar-refractivity contribution in [2.45, 2.75) is 59.9 Å². The first-order valence-electron chi connectivity index (χ1n) is 6.98. The highest BCUT2D eigenvalue weighted by atomic mass is 16.5. The molecule has 0 aliphatic rings. The van der Waals surface area contributed by atoms with Gasteiger partial charge in [0.05, 0.1) is 6.54 Å². The van der Waals surface area contributed by atoms with Crippen molar-refractivity contribution < 1.29 is 9.53 Å². The molecule has 0 fully saturated rings. The second-order valence-corrected chi connectivity index (χ2v) is 4.59. The van der Waals surface area contributed by atoms with Gasteiger partial charge in [0.2, 0.25) is 0 Å². The predicted molar refractivity (Wildman–Crippen MR) is 76.4 cm³/mol. The first-order chi connectivity index (χ1) is 9.87. The Morgan fingerprint density at radius 1 is 0.952 bits per heavy atom. The number of esters is 1. The summed E-state index contributed by atoms with van der Waals surface area (Å²) < 4.78 is 7.99. The van der Waals surface area contributed by atoms with E-state index in [1.807, 2.05) is 0 Å².